The maximum Gasteiger partial charge on any atom is 0.0545 e. The molecule has 48 heavy (non-hydrogen) atoms. The zero-order chi connectivity index (χ0) is 32.4. The van der Waals surface area contributed by atoms with Gasteiger partial charge in [-0.05, 0) is 74.9 Å². The summed E-state index contributed by atoms with van der Waals surface area (Å²) in [4.78, 5) is 15.2. The molecule has 0 unspecified atom stereocenters. The van der Waals surface area contributed by atoms with Crippen LogP contribution in [-0.2, 0) is 39.3 Å². The van der Waals surface area contributed by atoms with Crippen molar-refractivity contribution in [3.63, 3.8) is 0 Å². The van der Waals surface area contributed by atoms with E-state index in [4.69, 9.17) is 15.0 Å². The summed E-state index contributed by atoms with van der Waals surface area (Å²) in [5.74, 6) is 0. The fraction of sp³-hybridized carbons (Fsp3) is 0.615. The zero-order valence-electron chi connectivity index (χ0n) is 28.7. The average molecular weight is 652 g/mol. The van der Waals surface area contributed by atoms with Gasteiger partial charge in [-0.1, -0.05) is 56.7 Å². The Hall–Kier alpha value is -2.79. The third-order valence-corrected chi connectivity index (χ3v) is 11.2. The van der Waals surface area contributed by atoms with Crippen molar-refractivity contribution in [2.75, 3.05) is 0 Å². The van der Waals surface area contributed by atoms with Gasteiger partial charge in [0.1, 0.15) is 0 Å². The molecule has 0 aromatic carbocycles. The van der Waals surface area contributed by atoms with Gasteiger partial charge in [-0.2, -0.15) is 0 Å². The van der Waals surface area contributed by atoms with Crippen molar-refractivity contribution in [1.29, 1.82) is 0 Å². The summed E-state index contributed by atoms with van der Waals surface area (Å²) in [6, 6.07) is 22.1. The molecule has 6 bridgehead atoms. The summed E-state index contributed by atoms with van der Waals surface area (Å²) < 4.78 is 0. The molecule has 258 valence electrons. The van der Waals surface area contributed by atoms with Crippen LogP contribution in [0.3, 0.4) is 0 Å². The van der Waals surface area contributed by atoms with E-state index in [9.17, 15) is 0 Å². The number of nitrogens with one attached hydrogen (secondary N) is 6. The average Bonchev–Trinajstić information content (AvgIpc) is 3.14. The van der Waals surface area contributed by atoms with Gasteiger partial charge < -0.3 is 31.9 Å². The van der Waals surface area contributed by atoms with Gasteiger partial charge in [-0.15, -0.1) is 0 Å². The fourth-order valence-electron chi connectivity index (χ4n) is 8.45. The molecule has 4 heterocycles. The predicted octanol–water partition coefficient (Wildman–Crippen LogP) is 4.76. The molecular formula is C39H57N9. The minimum Gasteiger partial charge on any atom is -0.307 e. The number of nitrogens with zero attached hydrogens (tertiary/aromatic N) is 3. The highest BCUT2D eigenvalue weighted by molar-refractivity contribution is 5.14. The van der Waals surface area contributed by atoms with E-state index in [-0.39, 0.29) is 0 Å². The maximum absolute atomic E-state index is 5.07. The summed E-state index contributed by atoms with van der Waals surface area (Å²) in [7, 11) is 0. The van der Waals surface area contributed by atoms with E-state index in [1.165, 1.54) is 77.0 Å². The van der Waals surface area contributed by atoms with Gasteiger partial charge in [0, 0.05) is 75.5 Å². The Bertz CT molecular complexity index is 1170. The molecule has 6 atom stereocenters. The standard InChI is InChI=1S/C39H57N9/c1-2-17-35-34(16-1)40-22-28-10-7-12-30(46-28)24-42-36-18-3-4-19-37(36)44-26-32-14-9-15-33(48-32)27-45-39-21-6-5-20-38(39)43-25-31-13-8-11-29(47-31)23-41-35/h7-15,34-45H,1-6,16-27H2/t34-,35-,36-,37-,38-,39-/m0/s1. The lowest BCUT2D eigenvalue weighted by Gasteiger charge is -2.33. The molecule has 9 heteroatoms. The molecule has 3 saturated carbocycles. The Labute approximate surface area is 287 Å². The van der Waals surface area contributed by atoms with Gasteiger partial charge in [0.2, 0.25) is 0 Å². The van der Waals surface area contributed by atoms with E-state index in [0.717, 1.165) is 73.4 Å². The zero-order valence-corrected chi connectivity index (χ0v) is 28.7. The van der Waals surface area contributed by atoms with Crippen LogP contribution in [0.25, 0.3) is 0 Å². The van der Waals surface area contributed by atoms with Gasteiger partial charge in [0.25, 0.3) is 0 Å². The van der Waals surface area contributed by atoms with Crippen LogP contribution in [0.4, 0.5) is 0 Å². The molecule has 6 N–H and O–H groups in total. The van der Waals surface area contributed by atoms with Crippen molar-refractivity contribution >= 4 is 0 Å². The van der Waals surface area contributed by atoms with Crippen molar-refractivity contribution in [2.24, 2.45) is 0 Å². The van der Waals surface area contributed by atoms with Crippen molar-refractivity contribution in [2.45, 2.75) is 153 Å². The fourth-order valence-corrected chi connectivity index (χ4v) is 8.45. The van der Waals surface area contributed by atoms with Gasteiger partial charge >= 0.3 is 0 Å². The summed E-state index contributed by atoms with van der Waals surface area (Å²) in [6.45, 7) is 4.79. The van der Waals surface area contributed by atoms with Crippen LogP contribution in [0, 0.1) is 0 Å². The van der Waals surface area contributed by atoms with Gasteiger partial charge in [0.05, 0.1) is 34.2 Å². The molecule has 3 aromatic rings. The molecule has 1 aliphatic heterocycles. The molecule has 7 rings (SSSR count). The van der Waals surface area contributed by atoms with Crippen LogP contribution in [-0.4, -0.2) is 51.2 Å². The molecule has 4 aliphatic rings. The smallest absolute Gasteiger partial charge is 0.0545 e. The molecule has 0 amide bonds. The predicted molar refractivity (Wildman–Crippen MR) is 192 cm³/mol. The Morgan fingerprint density at radius 2 is 0.500 bits per heavy atom. The number of fused-ring (bicyclic) bond motifs is 9. The van der Waals surface area contributed by atoms with Crippen LogP contribution in [0.5, 0.6) is 0 Å². The lowest BCUT2D eigenvalue weighted by molar-refractivity contribution is 0.278. The Morgan fingerprint density at radius 1 is 0.312 bits per heavy atom. The van der Waals surface area contributed by atoms with Crippen molar-refractivity contribution in [3.05, 3.63) is 88.8 Å². The van der Waals surface area contributed by atoms with Crippen molar-refractivity contribution < 1.29 is 0 Å². The molecular weight excluding hydrogens is 594 g/mol. The van der Waals surface area contributed by atoms with Crippen molar-refractivity contribution in [1.82, 2.24) is 46.9 Å². The van der Waals surface area contributed by atoms with E-state index in [1.54, 1.807) is 0 Å². The highest BCUT2D eigenvalue weighted by Gasteiger charge is 2.27. The quantitative estimate of drug-likeness (QED) is 0.205. The summed E-state index contributed by atoms with van der Waals surface area (Å²) >= 11 is 0. The van der Waals surface area contributed by atoms with E-state index in [2.05, 4.69) is 86.5 Å². The van der Waals surface area contributed by atoms with E-state index in [0.29, 0.717) is 36.3 Å². The van der Waals surface area contributed by atoms with Crippen LogP contribution in [0.15, 0.2) is 54.6 Å². The number of hydrogen-bond acceptors (Lipinski definition) is 9. The first-order chi connectivity index (χ1) is 23.7. The highest BCUT2D eigenvalue weighted by atomic mass is 15.1. The lowest BCUT2D eigenvalue weighted by Crippen LogP contribution is -2.49. The normalized spacial score (nSPS) is 29.8. The number of pyridine rings is 3. The first-order valence-electron chi connectivity index (χ1n) is 19.0. The third kappa shape index (κ3) is 9.46. The molecule has 3 aliphatic carbocycles. The molecule has 3 aromatic heterocycles. The lowest BCUT2D eigenvalue weighted by atomic mass is 9.90. The van der Waals surface area contributed by atoms with Crippen LogP contribution < -0.4 is 31.9 Å². The van der Waals surface area contributed by atoms with Crippen LogP contribution >= 0.6 is 0 Å². The van der Waals surface area contributed by atoms with Crippen LogP contribution in [0.1, 0.15) is 111 Å². The molecule has 0 radical (unpaired) electrons. The minimum atomic E-state index is 0.439. The largest absolute Gasteiger partial charge is 0.307 e. The van der Waals surface area contributed by atoms with Gasteiger partial charge in [-0.3, -0.25) is 15.0 Å². The monoisotopic (exact) mass is 651 g/mol. The first-order valence-corrected chi connectivity index (χ1v) is 19.0. The molecule has 0 spiro atoms. The van der Waals surface area contributed by atoms with Gasteiger partial charge in [-0.25, -0.2) is 0 Å². The second-order valence-electron chi connectivity index (χ2n) is 14.6. The Kier molecular flexibility index (Phi) is 12.1. The van der Waals surface area contributed by atoms with Gasteiger partial charge in [0.15, 0.2) is 0 Å². The maximum atomic E-state index is 5.07. The Morgan fingerprint density at radius 3 is 0.688 bits per heavy atom. The molecule has 3 fully saturated rings. The van der Waals surface area contributed by atoms with E-state index >= 15 is 0 Å². The van der Waals surface area contributed by atoms with E-state index < -0.39 is 0 Å². The van der Waals surface area contributed by atoms with E-state index in [1.807, 2.05) is 0 Å². The number of hydrogen-bond donors (Lipinski definition) is 6. The topological polar surface area (TPSA) is 111 Å². The Balaban J connectivity index is 1.07. The minimum absolute atomic E-state index is 0.439. The SMILES string of the molecule is c1cc2nc(c1)CN[C@H]1CCCC[C@@H]1NCc1cccc(n1)CN[C@H]1CCCC[C@@H]1NCc1cccc(n1)CN[C@H]1CCCC[C@@H]1NC2. The summed E-state index contributed by atoms with van der Waals surface area (Å²) in [5, 5.41) is 23.3. The van der Waals surface area contributed by atoms with Crippen LogP contribution in [0.2, 0.25) is 0 Å². The third-order valence-electron chi connectivity index (χ3n) is 11.2. The highest BCUT2D eigenvalue weighted by Crippen LogP contribution is 2.22. The second kappa shape index (κ2) is 17.2. The summed E-state index contributed by atoms with van der Waals surface area (Å²) in [6.07, 6.45) is 14.9. The molecule has 9 nitrogen and oxygen atoms in total. The second-order valence-corrected chi connectivity index (χ2v) is 14.6. The number of rotatable bonds is 0. The first kappa shape index (κ1) is 33.7. The molecule has 0 saturated heterocycles. The summed E-state index contributed by atoms with van der Waals surface area (Å²) in [5.41, 5.74) is 6.73. The van der Waals surface area contributed by atoms with Crippen molar-refractivity contribution in [3.8, 4) is 0 Å². The number of aromatic nitrogens is 3.